The zero-order valence-electron chi connectivity index (χ0n) is 12.6. The van der Waals surface area contributed by atoms with Crippen LogP contribution >= 0.6 is 0 Å². The second-order valence-electron chi connectivity index (χ2n) is 5.42. The number of hydrogen-bond donors (Lipinski definition) is 1. The van der Waals surface area contributed by atoms with Gasteiger partial charge in [0.15, 0.2) is 0 Å². The van der Waals surface area contributed by atoms with Crippen molar-refractivity contribution in [3.8, 4) is 5.75 Å². The molecule has 0 unspecified atom stereocenters. The van der Waals surface area contributed by atoms with E-state index in [0.29, 0.717) is 6.61 Å². The summed E-state index contributed by atoms with van der Waals surface area (Å²) in [5.41, 5.74) is 5.67. The Bertz CT molecular complexity index is 600. The normalized spacial score (nSPS) is 12.2. The molecule has 1 atom stereocenters. The molecule has 0 aliphatic carbocycles. The van der Waals surface area contributed by atoms with Crippen molar-refractivity contribution in [3.05, 3.63) is 64.2 Å². The number of rotatable bonds is 4. The minimum absolute atomic E-state index is 0.443. The molecule has 0 aromatic heterocycles. The monoisotopic (exact) mass is 270 g/mol. The van der Waals surface area contributed by atoms with Gasteiger partial charge >= 0.3 is 0 Å². The highest BCUT2D eigenvalue weighted by atomic mass is 16.5. The van der Waals surface area contributed by atoms with Crippen molar-refractivity contribution >= 4 is 0 Å². The first-order valence-electron chi connectivity index (χ1n) is 6.95. The topological polar surface area (TPSA) is 29.5 Å². The van der Waals surface area contributed by atoms with Gasteiger partial charge in [-0.25, -0.2) is 0 Å². The van der Waals surface area contributed by atoms with Crippen LogP contribution in [-0.2, 0) is 6.61 Å². The molecule has 2 aromatic carbocycles. The molecule has 106 valence electrons. The summed E-state index contributed by atoms with van der Waals surface area (Å²) in [6.07, 6.45) is -0.443. The van der Waals surface area contributed by atoms with Crippen LogP contribution in [0.15, 0.2) is 36.4 Å². The number of benzene rings is 2. The smallest absolute Gasteiger partial charge is 0.122 e. The van der Waals surface area contributed by atoms with Crippen molar-refractivity contribution in [1.82, 2.24) is 0 Å². The molecule has 0 aliphatic heterocycles. The maximum atomic E-state index is 9.57. The molecule has 2 nitrogen and oxygen atoms in total. The summed E-state index contributed by atoms with van der Waals surface area (Å²) in [5.74, 6) is 0.871. The average molecular weight is 270 g/mol. The SMILES string of the molecule is Cc1ccc(C)c(COc2ccc([C@@H](C)O)cc2C)c1. The van der Waals surface area contributed by atoms with Crippen molar-refractivity contribution in [2.75, 3.05) is 0 Å². The molecule has 0 spiro atoms. The molecule has 1 N–H and O–H groups in total. The van der Waals surface area contributed by atoms with Crippen LogP contribution in [0, 0.1) is 20.8 Å². The van der Waals surface area contributed by atoms with Gasteiger partial charge in [-0.2, -0.15) is 0 Å². The van der Waals surface area contributed by atoms with E-state index in [-0.39, 0.29) is 0 Å². The van der Waals surface area contributed by atoms with Crippen LogP contribution in [-0.4, -0.2) is 5.11 Å². The van der Waals surface area contributed by atoms with Crippen LogP contribution in [0.1, 0.15) is 40.8 Å². The lowest BCUT2D eigenvalue weighted by atomic mass is 10.1. The van der Waals surface area contributed by atoms with Gasteiger partial charge in [-0.05, 0) is 62.1 Å². The van der Waals surface area contributed by atoms with E-state index in [0.717, 1.165) is 16.9 Å². The summed E-state index contributed by atoms with van der Waals surface area (Å²) in [4.78, 5) is 0. The second-order valence-corrected chi connectivity index (χ2v) is 5.42. The number of aryl methyl sites for hydroxylation is 3. The molecule has 0 saturated carbocycles. The molecule has 0 amide bonds. The third kappa shape index (κ3) is 3.40. The summed E-state index contributed by atoms with van der Waals surface area (Å²) < 4.78 is 5.91. The highest BCUT2D eigenvalue weighted by Gasteiger charge is 2.06. The summed E-state index contributed by atoms with van der Waals surface area (Å²) >= 11 is 0. The van der Waals surface area contributed by atoms with Crippen molar-refractivity contribution < 1.29 is 9.84 Å². The molecule has 2 rings (SSSR count). The molecule has 0 aliphatic rings. The second kappa shape index (κ2) is 6.10. The maximum absolute atomic E-state index is 9.57. The fraction of sp³-hybridized carbons (Fsp3) is 0.333. The van der Waals surface area contributed by atoms with Gasteiger partial charge < -0.3 is 9.84 Å². The van der Waals surface area contributed by atoms with Gasteiger partial charge in [-0.3, -0.25) is 0 Å². The largest absolute Gasteiger partial charge is 0.489 e. The summed E-state index contributed by atoms with van der Waals surface area (Å²) in [6.45, 7) is 8.53. The predicted octanol–water partition coefficient (Wildman–Crippen LogP) is 4.24. The lowest BCUT2D eigenvalue weighted by molar-refractivity contribution is 0.199. The molecule has 2 heteroatoms. The van der Waals surface area contributed by atoms with Crippen LogP contribution in [0.4, 0.5) is 0 Å². The molecular weight excluding hydrogens is 248 g/mol. The minimum atomic E-state index is -0.443. The Morgan fingerprint density at radius 2 is 1.75 bits per heavy atom. The van der Waals surface area contributed by atoms with Crippen LogP contribution in [0.2, 0.25) is 0 Å². The minimum Gasteiger partial charge on any atom is -0.489 e. The molecule has 20 heavy (non-hydrogen) atoms. The molecule has 2 aromatic rings. The van der Waals surface area contributed by atoms with Gasteiger partial charge in [0, 0.05) is 0 Å². The number of aliphatic hydroxyl groups excluding tert-OH is 1. The van der Waals surface area contributed by atoms with Crippen LogP contribution in [0.25, 0.3) is 0 Å². The predicted molar refractivity (Wildman–Crippen MR) is 82.1 cm³/mol. The Labute approximate surface area is 121 Å². The molecule has 0 saturated heterocycles. The Morgan fingerprint density at radius 1 is 1.00 bits per heavy atom. The van der Waals surface area contributed by atoms with Crippen LogP contribution in [0.5, 0.6) is 5.75 Å². The molecular formula is C18H22O2. The van der Waals surface area contributed by atoms with Crippen LogP contribution < -0.4 is 4.74 Å². The first kappa shape index (κ1) is 14.6. The molecule has 0 radical (unpaired) electrons. The summed E-state index contributed by atoms with van der Waals surface area (Å²) in [6, 6.07) is 12.2. The highest BCUT2D eigenvalue weighted by Crippen LogP contribution is 2.24. The number of ether oxygens (including phenoxy) is 1. The molecule has 0 bridgehead atoms. The van der Waals surface area contributed by atoms with Gasteiger partial charge in [0.2, 0.25) is 0 Å². The van der Waals surface area contributed by atoms with Gasteiger partial charge in [0.05, 0.1) is 6.10 Å². The standard InChI is InChI=1S/C18H22O2/c1-12-5-6-13(2)17(9-12)11-20-18-8-7-16(15(4)19)10-14(18)3/h5-10,15,19H,11H2,1-4H3/t15-/m1/s1. The first-order chi connectivity index (χ1) is 9.47. The van der Waals surface area contributed by atoms with Crippen molar-refractivity contribution in [3.63, 3.8) is 0 Å². The van der Waals surface area contributed by atoms with Gasteiger partial charge in [0.1, 0.15) is 12.4 Å². The third-order valence-electron chi connectivity index (χ3n) is 3.57. The Morgan fingerprint density at radius 3 is 2.40 bits per heavy atom. The van der Waals surface area contributed by atoms with E-state index >= 15 is 0 Å². The molecule has 0 heterocycles. The quantitative estimate of drug-likeness (QED) is 0.900. The lowest BCUT2D eigenvalue weighted by Gasteiger charge is -2.13. The number of aliphatic hydroxyl groups is 1. The van der Waals surface area contributed by atoms with Gasteiger partial charge in [0.25, 0.3) is 0 Å². The van der Waals surface area contributed by atoms with E-state index in [1.54, 1.807) is 6.92 Å². The van der Waals surface area contributed by atoms with E-state index < -0.39 is 6.10 Å². The van der Waals surface area contributed by atoms with Gasteiger partial charge in [-0.1, -0.05) is 29.8 Å². The van der Waals surface area contributed by atoms with E-state index in [9.17, 15) is 5.11 Å². The van der Waals surface area contributed by atoms with Crippen molar-refractivity contribution in [2.24, 2.45) is 0 Å². The van der Waals surface area contributed by atoms with Crippen molar-refractivity contribution in [1.29, 1.82) is 0 Å². The van der Waals surface area contributed by atoms with Crippen molar-refractivity contribution in [2.45, 2.75) is 40.4 Å². The average Bonchev–Trinajstić information content (AvgIpc) is 2.40. The zero-order chi connectivity index (χ0) is 14.7. The highest BCUT2D eigenvalue weighted by molar-refractivity contribution is 5.37. The van der Waals surface area contributed by atoms with Crippen LogP contribution in [0.3, 0.4) is 0 Å². The van der Waals surface area contributed by atoms with Gasteiger partial charge in [-0.15, -0.1) is 0 Å². The van der Waals surface area contributed by atoms with E-state index in [1.807, 2.05) is 25.1 Å². The molecule has 0 fully saturated rings. The third-order valence-corrected chi connectivity index (χ3v) is 3.57. The first-order valence-corrected chi connectivity index (χ1v) is 6.95. The van der Waals surface area contributed by atoms with E-state index in [1.165, 1.54) is 16.7 Å². The lowest BCUT2D eigenvalue weighted by Crippen LogP contribution is -2.00. The zero-order valence-corrected chi connectivity index (χ0v) is 12.6. The maximum Gasteiger partial charge on any atom is 0.122 e. The Balaban J connectivity index is 2.13. The summed E-state index contributed by atoms with van der Waals surface area (Å²) in [7, 11) is 0. The Kier molecular flexibility index (Phi) is 4.46. The fourth-order valence-electron chi connectivity index (χ4n) is 2.21. The summed E-state index contributed by atoms with van der Waals surface area (Å²) in [5, 5.41) is 9.57. The van der Waals surface area contributed by atoms with E-state index in [4.69, 9.17) is 4.74 Å². The van der Waals surface area contributed by atoms with E-state index in [2.05, 4.69) is 32.0 Å². The Hall–Kier alpha value is -1.80. The fourth-order valence-corrected chi connectivity index (χ4v) is 2.21. The number of hydrogen-bond acceptors (Lipinski definition) is 2.